The van der Waals surface area contributed by atoms with E-state index in [1.54, 1.807) is 0 Å². The van der Waals surface area contributed by atoms with E-state index < -0.39 is 0 Å². The average Bonchev–Trinajstić information content (AvgIpc) is 3.14. The lowest BCUT2D eigenvalue weighted by Gasteiger charge is -2.22. The van der Waals surface area contributed by atoms with Crippen LogP contribution in [0.5, 0.6) is 0 Å². The van der Waals surface area contributed by atoms with Crippen LogP contribution in [-0.2, 0) is 4.79 Å². The second-order valence-corrected chi connectivity index (χ2v) is 5.05. The molecule has 0 aromatic carbocycles. The van der Waals surface area contributed by atoms with Crippen LogP contribution in [0.15, 0.2) is 0 Å². The molecule has 0 bridgehead atoms. The maximum Gasteiger partial charge on any atom is 0.224 e. The van der Waals surface area contributed by atoms with Gasteiger partial charge in [-0.15, -0.1) is 0 Å². The van der Waals surface area contributed by atoms with Gasteiger partial charge in [-0.1, -0.05) is 0 Å². The molecule has 1 atom stereocenters. The van der Waals surface area contributed by atoms with Crippen LogP contribution < -0.4 is 10.6 Å². The molecule has 16 heavy (non-hydrogen) atoms. The number of nitrogens with one attached hydrogen (secondary N) is 2. The first-order valence-electron chi connectivity index (χ1n) is 6.46. The van der Waals surface area contributed by atoms with Crippen LogP contribution in [0, 0.1) is 5.92 Å². The standard InChI is InChI=1S/C12H23N3O/c1-15(11-4-5-11)8-7-14-12(16)10-3-2-6-13-9-10/h10-11,13H,2-9H2,1H3,(H,14,16). The number of rotatable bonds is 5. The van der Waals surface area contributed by atoms with Crippen molar-refractivity contribution in [2.24, 2.45) is 5.92 Å². The zero-order valence-corrected chi connectivity index (χ0v) is 10.2. The smallest absolute Gasteiger partial charge is 0.224 e. The number of amides is 1. The quantitative estimate of drug-likeness (QED) is 0.702. The summed E-state index contributed by atoms with van der Waals surface area (Å²) >= 11 is 0. The highest BCUT2D eigenvalue weighted by Crippen LogP contribution is 2.24. The minimum Gasteiger partial charge on any atom is -0.355 e. The second kappa shape index (κ2) is 5.64. The van der Waals surface area contributed by atoms with Gasteiger partial charge < -0.3 is 15.5 Å². The molecule has 1 aliphatic heterocycles. The van der Waals surface area contributed by atoms with E-state index in [0.717, 1.165) is 45.1 Å². The van der Waals surface area contributed by atoms with Crippen LogP contribution in [0.25, 0.3) is 0 Å². The molecule has 1 saturated heterocycles. The van der Waals surface area contributed by atoms with E-state index in [2.05, 4.69) is 22.6 Å². The molecule has 1 amide bonds. The van der Waals surface area contributed by atoms with Gasteiger partial charge in [0.05, 0.1) is 5.92 Å². The molecule has 2 rings (SSSR count). The van der Waals surface area contributed by atoms with E-state index in [9.17, 15) is 4.79 Å². The molecule has 0 aromatic rings. The molecule has 4 nitrogen and oxygen atoms in total. The van der Waals surface area contributed by atoms with Crippen LogP contribution in [0.3, 0.4) is 0 Å². The fourth-order valence-electron chi connectivity index (χ4n) is 2.27. The van der Waals surface area contributed by atoms with Crippen molar-refractivity contribution in [2.45, 2.75) is 31.7 Å². The van der Waals surface area contributed by atoms with E-state index in [4.69, 9.17) is 0 Å². The van der Waals surface area contributed by atoms with Gasteiger partial charge in [-0.05, 0) is 39.3 Å². The number of piperidine rings is 1. The van der Waals surface area contributed by atoms with Gasteiger partial charge in [-0.3, -0.25) is 4.79 Å². The van der Waals surface area contributed by atoms with Crippen molar-refractivity contribution in [3.63, 3.8) is 0 Å². The first kappa shape index (κ1) is 11.9. The van der Waals surface area contributed by atoms with Gasteiger partial charge in [-0.25, -0.2) is 0 Å². The number of hydrogen-bond donors (Lipinski definition) is 2. The Balaban J connectivity index is 1.59. The summed E-state index contributed by atoms with van der Waals surface area (Å²) in [7, 11) is 2.14. The first-order chi connectivity index (χ1) is 7.77. The molecule has 0 spiro atoms. The largest absolute Gasteiger partial charge is 0.355 e. The van der Waals surface area contributed by atoms with Crippen molar-refractivity contribution in [3.8, 4) is 0 Å². The topological polar surface area (TPSA) is 44.4 Å². The summed E-state index contributed by atoms with van der Waals surface area (Å²) in [6.07, 6.45) is 4.82. The molecule has 4 heteroatoms. The summed E-state index contributed by atoms with van der Waals surface area (Å²) in [6.45, 7) is 3.69. The molecule has 2 aliphatic rings. The zero-order valence-electron chi connectivity index (χ0n) is 10.2. The van der Waals surface area contributed by atoms with Crippen molar-refractivity contribution in [2.75, 3.05) is 33.2 Å². The Morgan fingerprint density at radius 1 is 1.44 bits per heavy atom. The molecule has 1 aliphatic carbocycles. The number of carbonyl (C=O) groups excluding carboxylic acids is 1. The molecule has 1 unspecified atom stereocenters. The van der Waals surface area contributed by atoms with Crippen LogP contribution in [0.1, 0.15) is 25.7 Å². The summed E-state index contributed by atoms with van der Waals surface area (Å²) in [5.74, 6) is 0.427. The van der Waals surface area contributed by atoms with E-state index >= 15 is 0 Å². The minimum absolute atomic E-state index is 0.194. The lowest BCUT2D eigenvalue weighted by molar-refractivity contribution is -0.125. The maximum atomic E-state index is 11.8. The third-order valence-corrected chi connectivity index (χ3v) is 3.60. The fourth-order valence-corrected chi connectivity index (χ4v) is 2.27. The normalized spacial score (nSPS) is 25.8. The average molecular weight is 225 g/mol. The third-order valence-electron chi connectivity index (χ3n) is 3.60. The van der Waals surface area contributed by atoms with Gasteiger partial charge in [0.2, 0.25) is 5.91 Å². The Morgan fingerprint density at radius 3 is 2.88 bits per heavy atom. The Hall–Kier alpha value is -0.610. The first-order valence-corrected chi connectivity index (χ1v) is 6.46. The van der Waals surface area contributed by atoms with Crippen LogP contribution in [0.4, 0.5) is 0 Å². The van der Waals surface area contributed by atoms with Crippen LogP contribution >= 0.6 is 0 Å². The Morgan fingerprint density at radius 2 is 2.25 bits per heavy atom. The number of nitrogens with zero attached hydrogens (tertiary/aromatic N) is 1. The summed E-state index contributed by atoms with van der Waals surface area (Å²) in [5.41, 5.74) is 0. The number of carbonyl (C=O) groups is 1. The summed E-state index contributed by atoms with van der Waals surface area (Å²) in [4.78, 5) is 14.1. The van der Waals surface area contributed by atoms with E-state index in [1.807, 2.05) is 0 Å². The van der Waals surface area contributed by atoms with Crippen LogP contribution in [0.2, 0.25) is 0 Å². The van der Waals surface area contributed by atoms with Gasteiger partial charge in [0.15, 0.2) is 0 Å². The molecular formula is C12H23N3O. The highest BCUT2D eigenvalue weighted by atomic mass is 16.1. The Bertz CT molecular complexity index is 234. The van der Waals surface area contributed by atoms with Crippen molar-refractivity contribution in [3.05, 3.63) is 0 Å². The molecular weight excluding hydrogens is 202 g/mol. The van der Waals surface area contributed by atoms with Crippen molar-refractivity contribution in [1.82, 2.24) is 15.5 Å². The molecule has 1 saturated carbocycles. The van der Waals surface area contributed by atoms with Crippen LogP contribution in [-0.4, -0.2) is 50.1 Å². The molecule has 92 valence electrons. The molecule has 2 N–H and O–H groups in total. The molecule has 2 fully saturated rings. The highest BCUT2D eigenvalue weighted by molar-refractivity contribution is 5.78. The van der Waals surface area contributed by atoms with Gasteiger partial charge in [0.25, 0.3) is 0 Å². The van der Waals surface area contributed by atoms with Gasteiger partial charge in [-0.2, -0.15) is 0 Å². The zero-order chi connectivity index (χ0) is 11.4. The van der Waals surface area contributed by atoms with E-state index in [-0.39, 0.29) is 11.8 Å². The highest BCUT2D eigenvalue weighted by Gasteiger charge is 2.26. The Kier molecular flexibility index (Phi) is 4.18. The predicted molar refractivity (Wildman–Crippen MR) is 64.3 cm³/mol. The predicted octanol–water partition coefficient (Wildman–Crippen LogP) is 0.196. The fraction of sp³-hybridized carbons (Fsp3) is 0.917. The molecule has 0 aromatic heterocycles. The Labute approximate surface area is 97.8 Å². The number of hydrogen-bond acceptors (Lipinski definition) is 3. The van der Waals surface area contributed by atoms with Gasteiger partial charge in [0, 0.05) is 25.7 Å². The van der Waals surface area contributed by atoms with Crippen molar-refractivity contribution < 1.29 is 4.79 Å². The van der Waals surface area contributed by atoms with Crippen molar-refractivity contribution >= 4 is 5.91 Å². The van der Waals surface area contributed by atoms with Gasteiger partial charge >= 0.3 is 0 Å². The maximum absolute atomic E-state index is 11.8. The summed E-state index contributed by atoms with van der Waals surface area (Å²) < 4.78 is 0. The van der Waals surface area contributed by atoms with Crippen molar-refractivity contribution in [1.29, 1.82) is 0 Å². The molecule has 0 radical (unpaired) electrons. The van der Waals surface area contributed by atoms with E-state index in [1.165, 1.54) is 12.8 Å². The minimum atomic E-state index is 0.194. The number of likely N-dealkylation sites (N-methyl/N-ethyl adjacent to an activating group) is 1. The summed E-state index contributed by atoms with van der Waals surface area (Å²) in [6, 6.07) is 0.785. The van der Waals surface area contributed by atoms with E-state index in [0.29, 0.717) is 0 Å². The molecule has 1 heterocycles. The second-order valence-electron chi connectivity index (χ2n) is 5.05. The van der Waals surface area contributed by atoms with Gasteiger partial charge in [0.1, 0.15) is 0 Å². The monoisotopic (exact) mass is 225 g/mol. The third kappa shape index (κ3) is 3.46. The SMILES string of the molecule is CN(CCNC(=O)C1CCCNC1)C1CC1. The lowest BCUT2D eigenvalue weighted by Crippen LogP contribution is -2.42. The summed E-state index contributed by atoms with van der Waals surface area (Å²) in [5, 5.41) is 6.32. The lowest BCUT2D eigenvalue weighted by atomic mass is 9.99.